The summed E-state index contributed by atoms with van der Waals surface area (Å²) in [4.78, 5) is 45.5. The molecule has 8 heteroatoms. The molecule has 26 heavy (non-hydrogen) atoms. The van der Waals surface area contributed by atoms with E-state index in [0.717, 1.165) is 24.2 Å². The summed E-state index contributed by atoms with van der Waals surface area (Å²) in [6.45, 7) is 8.42. The van der Waals surface area contributed by atoms with Gasteiger partial charge in [0.15, 0.2) is 0 Å². The third kappa shape index (κ3) is 3.29. The topological polar surface area (TPSA) is 80.4 Å². The highest BCUT2D eigenvalue weighted by atomic mass is 16.2. The van der Waals surface area contributed by atoms with Crippen LogP contribution in [0.5, 0.6) is 0 Å². The lowest BCUT2D eigenvalue weighted by molar-refractivity contribution is 0.0623. The lowest BCUT2D eigenvalue weighted by atomic mass is 10.1. The molecule has 0 bridgehead atoms. The number of hydrogen-bond donors (Lipinski definition) is 0. The third-order valence-electron chi connectivity index (χ3n) is 4.82. The summed E-state index contributed by atoms with van der Waals surface area (Å²) in [6.07, 6.45) is 1.45. The van der Waals surface area contributed by atoms with E-state index in [9.17, 15) is 14.4 Å². The van der Waals surface area contributed by atoms with E-state index in [1.54, 1.807) is 18.0 Å². The Hall–Kier alpha value is -2.48. The van der Waals surface area contributed by atoms with E-state index in [4.69, 9.17) is 0 Å². The fourth-order valence-corrected chi connectivity index (χ4v) is 3.41. The smallest absolute Gasteiger partial charge is 0.332 e. The second kappa shape index (κ2) is 7.03. The van der Waals surface area contributed by atoms with Gasteiger partial charge in [-0.1, -0.05) is 13.8 Å². The second-order valence-corrected chi connectivity index (χ2v) is 7.29. The van der Waals surface area contributed by atoms with E-state index in [0.29, 0.717) is 24.6 Å². The van der Waals surface area contributed by atoms with E-state index in [1.807, 2.05) is 0 Å². The quantitative estimate of drug-likeness (QED) is 0.773. The molecule has 1 fully saturated rings. The maximum Gasteiger partial charge on any atom is 0.332 e. The van der Waals surface area contributed by atoms with Gasteiger partial charge in [0, 0.05) is 53.0 Å². The molecule has 1 saturated heterocycles. The molecule has 1 aliphatic rings. The van der Waals surface area contributed by atoms with Gasteiger partial charge >= 0.3 is 5.69 Å². The van der Waals surface area contributed by atoms with Crippen LogP contribution in [-0.4, -0.2) is 62.5 Å². The number of nitrogens with zero attached hydrogens (tertiary/aromatic N) is 5. The summed E-state index contributed by atoms with van der Waals surface area (Å²) in [5.41, 5.74) is -0.204. The molecule has 0 saturated carbocycles. The van der Waals surface area contributed by atoms with Gasteiger partial charge in [-0.15, -0.1) is 0 Å². The van der Waals surface area contributed by atoms with Crippen LogP contribution in [-0.2, 0) is 14.1 Å². The molecule has 0 unspecified atom stereocenters. The lowest BCUT2D eigenvalue weighted by Crippen LogP contribution is -2.49. The van der Waals surface area contributed by atoms with Crippen molar-refractivity contribution in [3.63, 3.8) is 0 Å². The SMILES string of the molecule is CC(C)CN1CCN(C(=O)c2cnc3c(c2)c(=O)n(C)c(=O)n3C)CC1. The van der Waals surface area contributed by atoms with Gasteiger partial charge in [0.2, 0.25) is 0 Å². The Bertz CT molecular complexity index is 952. The molecule has 0 radical (unpaired) electrons. The van der Waals surface area contributed by atoms with Gasteiger partial charge in [0.05, 0.1) is 10.9 Å². The van der Waals surface area contributed by atoms with Crippen molar-refractivity contribution in [3.8, 4) is 0 Å². The summed E-state index contributed by atoms with van der Waals surface area (Å²) in [6, 6.07) is 1.55. The van der Waals surface area contributed by atoms with E-state index in [2.05, 4.69) is 23.7 Å². The van der Waals surface area contributed by atoms with Gasteiger partial charge in [0.25, 0.3) is 11.5 Å². The van der Waals surface area contributed by atoms with Gasteiger partial charge in [-0.2, -0.15) is 0 Å². The van der Waals surface area contributed by atoms with Crippen molar-refractivity contribution in [2.24, 2.45) is 20.0 Å². The molecule has 0 spiro atoms. The standard InChI is InChI=1S/C18H25N5O3/c1-12(2)11-22-5-7-23(8-6-22)16(24)13-9-14-15(19-10-13)20(3)18(26)21(4)17(14)25/h9-10,12H,5-8,11H2,1-4H3. The third-order valence-corrected chi connectivity index (χ3v) is 4.82. The Morgan fingerprint density at radius 3 is 2.38 bits per heavy atom. The maximum atomic E-state index is 12.8. The molecule has 1 amide bonds. The molecule has 0 atom stereocenters. The Morgan fingerprint density at radius 1 is 1.12 bits per heavy atom. The highest BCUT2D eigenvalue weighted by molar-refractivity contribution is 5.96. The zero-order chi connectivity index (χ0) is 19.0. The summed E-state index contributed by atoms with van der Waals surface area (Å²) < 4.78 is 2.35. The molecule has 1 aliphatic heterocycles. The van der Waals surface area contributed by atoms with Crippen LogP contribution in [0.3, 0.4) is 0 Å². The Morgan fingerprint density at radius 2 is 1.77 bits per heavy atom. The molecular weight excluding hydrogens is 334 g/mol. The molecule has 3 rings (SSSR count). The molecule has 140 valence electrons. The fourth-order valence-electron chi connectivity index (χ4n) is 3.41. The Kier molecular flexibility index (Phi) is 4.95. The minimum atomic E-state index is -0.438. The number of hydrogen-bond acceptors (Lipinski definition) is 5. The predicted octanol–water partition coefficient (Wildman–Crippen LogP) is 0.0460. The van der Waals surface area contributed by atoms with Crippen molar-refractivity contribution < 1.29 is 4.79 Å². The molecular formula is C18H25N5O3. The first kappa shape index (κ1) is 18.3. The summed E-state index contributed by atoms with van der Waals surface area (Å²) in [5, 5.41) is 0.277. The minimum Gasteiger partial charge on any atom is -0.336 e. The fraction of sp³-hybridized carbons (Fsp3) is 0.556. The normalized spacial score (nSPS) is 15.8. The van der Waals surface area contributed by atoms with Crippen molar-refractivity contribution in [1.29, 1.82) is 0 Å². The van der Waals surface area contributed by atoms with Crippen LogP contribution >= 0.6 is 0 Å². The van der Waals surface area contributed by atoms with Crippen molar-refractivity contribution >= 4 is 16.9 Å². The van der Waals surface area contributed by atoms with Crippen LogP contribution in [0.25, 0.3) is 11.0 Å². The largest absolute Gasteiger partial charge is 0.336 e. The molecule has 2 aromatic rings. The van der Waals surface area contributed by atoms with Gasteiger partial charge in [-0.25, -0.2) is 9.78 Å². The van der Waals surface area contributed by atoms with E-state index in [1.165, 1.54) is 17.8 Å². The van der Waals surface area contributed by atoms with Crippen LogP contribution < -0.4 is 11.2 Å². The van der Waals surface area contributed by atoms with Crippen LogP contribution in [0.4, 0.5) is 0 Å². The monoisotopic (exact) mass is 359 g/mol. The highest BCUT2D eigenvalue weighted by Crippen LogP contribution is 2.12. The van der Waals surface area contributed by atoms with Crippen molar-refractivity contribution in [1.82, 2.24) is 23.9 Å². The van der Waals surface area contributed by atoms with Crippen molar-refractivity contribution in [2.45, 2.75) is 13.8 Å². The highest BCUT2D eigenvalue weighted by Gasteiger charge is 2.23. The average Bonchev–Trinajstić information content (AvgIpc) is 2.63. The van der Waals surface area contributed by atoms with Gasteiger partial charge in [-0.3, -0.25) is 23.6 Å². The first-order valence-corrected chi connectivity index (χ1v) is 8.87. The lowest BCUT2D eigenvalue weighted by Gasteiger charge is -2.35. The molecule has 0 aliphatic carbocycles. The Labute approximate surface area is 151 Å². The second-order valence-electron chi connectivity index (χ2n) is 7.29. The summed E-state index contributed by atoms with van der Waals surface area (Å²) in [7, 11) is 2.99. The van der Waals surface area contributed by atoms with E-state index >= 15 is 0 Å². The van der Waals surface area contributed by atoms with Crippen LogP contribution in [0.1, 0.15) is 24.2 Å². The van der Waals surface area contributed by atoms with E-state index in [-0.39, 0.29) is 16.9 Å². The molecule has 2 aromatic heterocycles. The van der Waals surface area contributed by atoms with Crippen LogP contribution in [0.2, 0.25) is 0 Å². The molecule has 8 nitrogen and oxygen atoms in total. The number of rotatable bonds is 3. The van der Waals surface area contributed by atoms with Crippen molar-refractivity contribution in [3.05, 3.63) is 38.7 Å². The van der Waals surface area contributed by atoms with Crippen molar-refractivity contribution in [2.75, 3.05) is 32.7 Å². The van der Waals surface area contributed by atoms with Crippen LogP contribution in [0, 0.1) is 5.92 Å². The zero-order valence-corrected chi connectivity index (χ0v) is 15.7. The zero-order valence-electron chi connectivity index (χ0n) is 15.7. The molecule has 0 aromatic carbocycles. The van der Waals surface area contributed by atoms with Gasteiger partial charge < -0.3 is 4.90 Å². The molecule has 3 heterocycles. The number of aryl methyl sites for hydroxylation is 1. The van der Waals surface area contributed by atoms with E-state index < -0.39 is 11.2 Å². The number of pyridine rings is 1. The maximum absolute atomic E-state index is 12.8. The molecule has 0 N–H and O–H groups in total. The van der Waals surface area contributed by atoms with Gasteiger partial charge in [0.1, 0.15) is 5.65 Å². The predicted molar refractivity (Wildman–Crippen MR) is 99.4 cm³/mol. The number of amides is 1. The Balaban J connectivity index is 1.86. The number of aromatic nitrogens is 3. The number of piperazine rings is 1. The first-order valence-electron chi connectivity index (χ1n) is 8.87. The minimum absolute atomic E-state index is 0.125. The number of carbonyl (C=O) groups is 1. The first-order chi connectivity index (χ1) is 12.3. The summed E-state index contributed by atoms with van der Waals surface area (Å²) >= 11 is 0. The number of carbonyl (C=O) groups excluding carboxylic acids is 1. The number of fused-ring (bicyclic) bond motifs is 1. The average molecular weight is 359 g/mol. The van der Waals surface area contributed by atoms with Crippen LogP contribution in [0.15, 0.2) is 21.9 Å². The summed E-state index contributed by atoms with van der Waals surface area (Å²) in [5.74, 6) is 0.476. The van der Waals surface area contributed by atoms with Gasteiger partial charge in [-0.05, 0) is 12.0 Å².